The number of carbonyl (C=O) groups is 1. The summed E-state index contributed by atoms with van der Waals surface area (Å²) in [5.41, 5.74) is 3.68. The van der Waals surface area contributed by atoms with Gasteiger partial charge in [0.15, 0.2) is 11.5 Å². The Morgan fingerprint density at radius 3 is 2.73 bits per heavy atom. The maximum absolute atomic E-state index is 13.4. The zero-order valence-corrected chi connectivity index (χ0v) is 22.0. The number of benzene rings is 1. The van der Waals surface area contributed by atoms with Crippen molar-refractivity contribution in [1.82, 2.24) is 29.6 Å². The molecule has 5 rings (SSSR count). The Balaban J connectivity index is 1.62. The van der Waals surface area contributed by atoms with Crippen LogP contribution in [-0.2, 0) is 23.2 Å². The zero-order valence-electron chi connectivity index (χ0n) is 22.0. The fourth-order valence-corrected chi connectivity index (χ4v) is 4.90. The van der Waals surface area contributed by atoms with E-state index in [1.807, 2.05) is 58.9 Å². The highest BCUT2D eigenvalue weighted by atomic mass is 16.1. The van der Waals surface area contributed by atoms with Gasteiger partial charge >= 0.3 is 0 Å². The third-order valence-corrected chi connectivity index (χ3v) is 7.07. The first-order chi connectivity index (χ1) is 17.7. The van der Waals surface area contributed by atoms with Gasteiger partial charge in [-0.2, -0.15) is 4.98 Å². The zero-order chi connectivity index (χ0) is 26.3. The smallest absolute Gasteiger partial charge is 0.278 e. The molecule has 4 aromatic rings. The summed E-state index contributed by atoms with van der Waals surface area (Å²) in [6.07, 6.45) is 2.96. The van der Waals surface area contributed by atoms with Gasteiger partial charge in [-0.25, -0.2) is 19.3 Å². The van der Waals surface area contributed by atoms with Gasteiger partial charge in [0.1, 0.15) is 11.2 Å². The summed E-state index contributed by atoms with van der Waals surface area (Å²) in [6.45, 7) is 11.3. The molecule has 0 bridgehead atoms. The van der Waals surface area contributed by atoms with Gasteiger partial charge in [0.05, 0.1) is 11.1 Å². The van der Waals surface area contributed by atoms with Crippen LogP contribution >= 0.6 is 0 Å². The minimum absolute atomic E-state index is 0.102. The van der Waals surface area contributed by atoms with E-state index < -0.39 is 5.41 Å². The van der Waals surface area contributed by atoms with Gasteiger partial charge in [-0.1, -0.05) is 19.1 Å². The molecular weight excluding hydrogens is 466 g/mol. The van der Waals surface area contributed by atoms with Crippen molar-refractivity contribution in [2.45, 2.75) is 65.5 Å². The summed E-state index contributed by atoms with van der Waals surface area (Å²) in [5.74, 6) is 1.03. The summed E-state index contributed by atoms with van der Waals surface area (Å²) >= 11 is 0. The Morgan fingerprint density at radius 1 is 1.16 bits per heavy atom. The highest BCUT2D eigenvalue weighted by molar-refractivity contribution is 5.88. The van der Waals surface area contributed by atoms with Crippen molar-refractivity contribution in [3.05, 3.63) is 69.8 Å². The molecule has 0 spiro atoms. The maximum Gasteiger partial charge on any atom is 0.278 e. The van der Waals surface area contributed by atoms with Crippen LogP contribution in [0.3, 0.4) is 0 Å². The van der Waals surface area contributed by atoms with Crippen molar-refractivity contribution in [3.8, 4) is 5.82 Å². The Labute approximate surface area is 215 Å². The van der Waals surface area contributed by atoms with Crippen molar-refractivity contribution in [2.75, 3.05) is 11.9 Å². The third kappa shape index (κ3) is 4.44. The van der Waals surface area contributed by atoms with Gasteiger partial charge in [-0.05, 0) is 76.1 Å². The highest BCUT2D eigenvalue weighted by Gasteiger charge is 2.30. The molecular formula is C28H33N7O2. The van der Waals surface area contributed by atoms with Crippen LogP contribution in [0.4, 0.5) is 11.6 Å². The van der Waals surface area contributed by atoms with E-state index in [1.165, 1.54) is 11.1 Å². The summed E-state index contributed by atoms with van der Waals surface area (Å²) in [6, 6.07) is 11.7. The Hall–Kier alpha value is -3.85. The van der Waals surface area contributed by atoms with Crippen LogP contribution < -0.4 is 16.2 Å². The van der Waals surface area contributed by atoms with E-state index in [0.717, 1.165) is 25.2 Å². The fraction of sp³-hybridized carbons (Fsp3) is 0.393. The Bertz CT molecular complexity index is 1550. The number of pyridine rings is 1. The average Bonchev–Trinajstić information content (AvgIpc) is 3.20. The van der Waals surface area contributed by atoms with Gasteiger partial charge in [0, 0.05) is 30.9 Å². The predicted octanol–water partition coefficient (Wildman–Crippen LogP) is 4.20. The molecule has 0 atom stereocenters. The molecule has 0 saturated heterocycles. The van der Waals surface area contributed by atoms with Crippen molar-refractivity contribution >= 4 is 28.5 Å². The van der Waals surface area contributed by atoms with Gasteiger partial charge < -0.3 is 10.6 Å². The minimum Gasteiger partial charge on any atom is -0.324 e. The molecule has 0 amide bonds. The van der Waals surface area contributed by atoms with Crippen molar-refractivity contribution in [2.24, 2.45) is 0 Å². The third-order valence-electron chi connectivity index (χ3n) is 7.07. The van der Waals surface area contributed by atoms with Crippen LogP contribution in [-0.4, -0.2) is 36.6 Å². The van der Waals surface area contributed by atoms with Crippen LogP contribution in [0.25, 0.3) is 16.9 Å². The molecule has 0 unspecified atom stereocenters. The van der Waals surface area contributed by atoms with E-state index in [4.69, 9.17) is 9.97 Å². The second-order valence-corrected chi connectivity index (χ2v) is 10.3. The number of anilines is 2. The monoisotopic (exact) mass is 499 g/mol. The molecule has 37 heavy (non-hydrogen) atoms. The number of ketones is 1. The average molecular weight is 500 g/mol. The van der Waals surface area contributed by atoms with Gasteiger partial charge in [0.25, 0.3) is 5.56 Å². The molecule has 1 aliphatic heterocycles. The summed E-state index contributed by atoms with van der Waals surface area (Å²) < 4.78 is 3.37. The lowest BCUT2D eigenvalue weighted by atomic mass is 9.83. The topological polar surface area (TPSA) is 107 Å². The minimum atomic E-state index is -0.750. The lowest BCUT2D eigenvalue weighted by Crippen LogP contribution is -2.30. The molecule has 0 fully saturated rings. The second-order valence-electron chi connectivity index (χ2n) is 10.3. The molecule has 2 N–H and O–H groups in total. The van der Waals surface area contributed by atoms with E-state index in [2.05, 4.69) is 27.8 Å². The SMILES string of the molecule is CCC(=O)C(C)(C)c1cccc(-n2c3nc(Nc4ccc5c(c4)CCNC5)ncc3c(=O)n2C(C)C)n1. The van der Waals surface area contributed by atoms with Crippen molar-refractivity contribution < 1.29 is 4.79 Å². The first kappa shape index (κ1) is 24.8. The van der Waals surface area contributed by atoms with E-state index in [1.54, 1.807) is 15.6 Å². The normalized spacial score (nSPS) is 13.7. The standard InChI is InChI=1S/C28H33N7O2/c1-6-23(36)28(4,5)22-8-7-9-24(32-22)35-25-21(26(37)34(35)17(2)3)16-30-27(33-25)31-20-11-10-19-15-29-13-12-18(19)14-20/h7-11,14,16-17,29H,6,12-13,15H2,1-5H3,(H,30,31,33). The quantitative estimate of drug-likeness (QED) is 0.392. The van der Waals surface area contributed by atoms with Crippen LogP contribution in [0.5, 0.6) is 0 Å². The number of nitrogens with one attached hydrogen (secondary N) is 2. The highest BCUT2D eigenvalue weighted by Crippen LogP contribution is 2.27. The second kappa shape index (κ2) is 9.55. The predicted molar refractivity (Wildman–Crippen MR) is 145 cm³/mol. The van der Waals surface area contributed by atoms with Gasteiger partial charge in [-0.3, -0.25) is 9.59 Å². The number of nitrogens with zero attached hydrogens (tertiary/aromatic N) is 5. The first-order valence-electron chi connectivity index (χ1n) is 12.8. The van der Waals surface area contributed by atoms with Crippen LogP contribution in [0.2, 0.25) is 0 Å². The number of hydrogen-bond acceptors (Lipinski definition) is 7. The first-order valence-corrected chi connectivity index (χ1v) is 12.8. The van der Waals surface area contributed by atoms with E-state index in [-0.39, 0.29) is 17.4 Å². The molecule has 1 aliphatic rings. The van der Waals surface area contributed by atoms with Crippen LogP contribution in [0.15, 0.2) is 47.4 Å². The van der Waals surface area contributed by atoms with Crippen LogP contribution in [0.1, 0.15) is 63.9 Å². The molecule has 9 heteroatoms. The number of fused-ring (bicyclic) bond motifs is 2. The molecule has 0 saturated carbocycles. The fourth-order valence-electron chi connectivity index (χ4n) is 4.90. The number of rotatable bonds is 7. The number of aromatic nitrogens is 5. The maximum atomic E-state index is 13.4. The van der Waals surface area contributed by atoms with E-state index >= 15 is 0 Å². The number of carbonyl (C=O) groups excluding carboxylic acids is 1. The Kier molecular flexibility index (Phi) is 6.41. The molecule has 4 heterocycles. The molecule has 9 nitrogen and oxygen atoms in total. The molecule has 192 valence electrons. The van der Waals surface area contributed by atoms with E-state index in [0.29, 0.717) is 34.9 Å². The summed E-state index contributed by atoms with van der Waals surface area (Å²) in [5, 5.41) is 7.10. The van der Waals surface area contributed by atoms with Crippen molar-refractivity contribution in [3.63, 3.8) is 0 Å². The Morgan fingerprint density at radius 2 is 1.97 bits per heavy atom. The number of hydrogen-bond donors (Lipinski definition) is 2. The number of Topliss-reactive ketones (excluding diaryl/α,β-unsaturated/α-hetero) is 1. The molecule has 1 aromatic carbocycles. The van der Waals surface area contributed by atoms with Gasteiger partial charge in [-0.15, -0.1) is 0 Å². The van der Waals surface area contributed by atoms with E-state index in [9.17, 15) is 9.59 Å². The lowest BCUT2D eigenvalue weighted by molar-refractivity contribution is -0.123. The molecule has 0 radical (unpaired) electrons. The largest absolute Gasteiger partial charge is 0.324 e. The van der Waals surface area contributed by atoms with Crippen LogP contribution in [0, 0.1) is 0 Å². The lowest BCUT2D eigenvalue weighted by Gasteiger charge is -2.23. The molecule has 0 aliphatic carbocycles. The van der Waals surface area contributed by atoms with Crippen molar-refractivity contribution in [1.29, 1.82) is 0 Å². The molecule has 3 aromatic heterocycles. The summed E-state index contributed by atoms with van der Waals surface area (Å²) in [7, 11) is 0. The van der Waals surface area contributed by atoms with Gasteiger partial charge in [0.2, 0.25) is 5.95 Å². The summed E-state index contributed by atoms with van der Waals surface area (Å²) in [4.78, 5) is 40.1.